The van der Waals surface area contributed by atoms with E-state index in [4.69, 9.17) is 9.84 Å². The average Bonchev–Trinajstić information content (AvgIpc) is 3.20. The monoisotopic (exact) mass is 399 g/mol. The van der Waals surface area contributed by atoms with Crippen molar-refractivity contribution in [1.82, 2.24) is 24.6 Å². The van der Waals surface area contributed by atoms with Crippen LogP contribution in [0.3, 0.4) is 0 Å². The number of piperidine rings is 1. The van der Waals surface area contributed by atoms with Crippen molar-refractivity contribution in [3.63, 3.8) is 0 Å². The van der Waals surface area contributed by atoms with E-state index in [-0.39, 0.29) is 0 Å². The molecule has 152 valence electrons. The van der Waals surface area contributed by atoms with Crippen molar-refractivity contribution in [2.75, 3.05) is 19.6 Å². The summed E-state index contributed by atoms with van der Waals surface area (Å²) in [5.74, 6) is 1.63. The number of nitrogens with zero attached hydrogens (tertiary/aromatic N) is 5. The van der Waals surface area contributed by atoms with Gasteiger partial charge in [0.1, 0.15) is 23.5 Å². The Balaban J connectivity index is 1.47. The number of hydrogen-bond acceptors (Lipinski definition) is 5. The van der Waals surface area contributed by atoms with Crippen LogP contribution in [-0.2, 0) is 0 Å². The molecule has 1 atom stereocenters. The molecule has 30 heavy (non-hydrogen) atoms. The molecule has 1 unspecified atom stereocenters. The highest BCUT2D eigenvalue weighted by molar-refractivity contribution is 5.90. The summed E-state index contributed by atoms with van der Waals surface area (Å²) in [5, 5.41) is 6.00. The van der Waals surface area contributed by atoms with Gasteiger partial charge in [-0.2, -0.15) is 5.10 Å². The van der Waals surface area contributed by atoms with Crippen molar-refractivity contribution >= 4 is 11.0 Å². The molecule has 2 aromatic carbocycles. The van der Waals surface area contributed by atoms with Crippen molar-refractivity contribution in [2.24, 2.45) is 0 Å². The van der Waals surface area contributed by atoms with Gasteiger partial charge in [0, 0.05) is 18.3 Å². The van der Waals surface area contributed by atoms with Gasteiger partial charge in [-0.25, -0.2) is 14.6 Å². The van der Waals surface area contributed by atoms with Crippen LogP contribution in [0.4, 0.5) is 0 Å². The third kappa shape index (κ3) is 3.66. The summed E-state index contributed by atoms with van der Waals surface area (Å²) in [6, 6.07) is 18.2. The lowest BCUT2D eigenvalue weighted by Gasteiger charge is -2.31. The Hall–Kier alpha value is -3.25. The van der Waals surface area contributed by atoms with Crippen LogP contribution >= 0.6 is 0 Å². The molecule has 1 fully saturated rings. The van der Waals surface area contributed by atoms with Crippen LogP contribution in [0.2, 0.25) is 0 Å². The van der Waals surface area contributed by atoms with Gasteiger partial charge in [0.2, 0.25) is 0 Å². The van der Waals surface area contributed by atoms with Gasteiger partial charge < -0.3 is 9.64 Å². The molecule has 2 aromatic heterocycles. The Labute approximate surface area is 176 Å². The van der Waals surface area contributed by atoms with E-state index in [2.05, 4.69) is 38.6 Å². The maximum atomic E-state index is 5.93. The lowest BCUT2D eigenvalue weighted by atomic mass is 10.1. The van der Waals surface area contributed by atoms with Crippen LogP contribution in [0.1, 0.15) is 25.8 Å². The molecular weight excluding hydrogens is 374 g/mol. The number of rotatable bonds is 5. The number of fused-ring (bicyclic) bond motifs is 1. The fraction of sp³-hybridized carbons (Fsp3) is 0.292. The third-order valence-electron chi connectivity index (χ3n) is 5.75. The van der Waals surface area contributed by atoms with E-state index >= 15 is 0 Å². The summed E-state index contributed by atoms with van der Waals surface area (Å²) in [6.45, 7) is 5.47. The minimum atomic E-state index is 0.338. The topological polar surface area (TPSA) is 56.1 Å². The zero-order valence-electron chi connectivity index (χ0n) is 17.1. The highest BCUT2D eigenvalue weighted by Crippen LogP contribution is 2.32. The minimum absolute atomic E-state index is 0.338. The van der Waals surface area contributed by atoms with Gasteiger partial charge in [-0.05, 0) is 62.3 Å². The molecule has 4 aromatic rings. The van der Waals surface area contributed by atoms with Crippen LogP contribution < -0.4 is 4.74 Å². The maximum Gasteiger partial charge on any atom is 0.162 e. The van der Waals surface area contributed by atoms with Crippen molar-refractivity contribution in [1.29, 1.82) is 0 Å². The molecule has 0 saturated carbocycles. The molecule has 0 amide bonds. The van der Waals surface area contributed by atoms with Crippen LogP contribution in [0.15, 0.2) is 67.1 Å². The van der Waals surface area contributed by atoms with Gasteiger partial charge in [0.25, 0.3) is 0 Å². The number of likely N-dealkylation sites (tertiary alicyclic amines) is 1. The molecule has 3 heterocycles. The van der Waals surface area contributed by atoms with Gasteiger partial charge in [-0.1, -0.05) is 25.1 Å². The van der Waals surface area contributed by atoms with Crippen LogP contribution in [0.5, 0.6) is 11.5 Å². The van der Waals surface area contributed by atoms with E-state index in [9.17, 15) is 0 Å². The van der Waals surface area contributed by atoms with E-state index in [1.165, 1.54) is 6.42 Å². The van der Waals surface area contributed by atoms with E-state index in [1.54, 1.807) is 6.33 Å². The molecule has 1 saturated heterocycles. The summed E-state index contributed by atoms with van der Waals surface area (Å²) >= 11 is 0. The smallest absolute Gasteiger partial charge is 0.162 e. The second-order valence-corrected chi connectivity index (χ2v) is 7.68. The van der Waals surface area contributed by atoms with E-state index < -0.39 is 0 Å². The molecule has 1 aliphatic heterocycles. The molecule has 6 heteroatoms. The van der Waals surface area contributed by atoms with E-state index in [0.717, 1.165) is 59.8 Å². The van der Waals surface area contributed by atoms with Crippen LogP contribution in [0.25, 0.3) is 22.3 Å². The van der Waals surface area contributed by atoms with E-state index in [0.29, 0.717) is 6.04 Å². The lowest BCUT2D eigenvalue weighted by Crippen LogP contribution is -2.36. The molecular formula is C24H25N5O. The zero-order valence-corrected chi connectivity index (χ0v) is 17.1. The first-order valence-corrected chi connectivity index (χ1v) is 10.6. The van der Waals surface area contributed by atoms with Gasteiger partial charge in [-0.15, -0.1) is 0 Å². The maximum absolute atomic E-state index is 5.93. The molecule has 0 radical (unpaired) electrons. The summed E-state index contributed by atoms with van der Waals surface area (Å²) in [4.78, 5) is 11.3. The van der Waals surface area contributed by atoms with Gasteiger partial charge in [-0.3, -0.25) is 0 Å². The van der Waals surface area contributed by atoms with Crippen molar-refractivity contribution in [3.05, 3.63) is 67.1 Å². The fourth-order valence-corrected chi connectivity index (χ4v) is 4.17. The lowest BCUT2D eigenvalue weighted by molar-refractivity contribution is 0.180. The highest BCUT2D eigenvalue weighted by atomic mass is 16.5. The minimum Gasteiger partial charge on any atom is -0.457 e. The number of aromatic nitrogens is 4. The van der Waals surface area contributed by atoms with Crippen molar-refractivity contribution < 1.29 is 4.74 Å². The van der Waals surface area contributed by atoms with Gasteiger partial charge in [0.15, 0.2) is 5.65 Å². The molecule has 5 rings (SSSR count). The normalized spacial score (nSPS) is 17.3. The molecule has 6 nitrogen and oxygen atoms in total. The Morgan fingerprint density at radius 2 is 1.83 bits per heavy atom. The molecule has 0 spiro atoms. The van der Waals surface area contributed by atoms with Crippen LogP contribution in [-0.4, -0.2) is 44.3 Å². The highest BCUT2D eigenvalue weighted by Gasteiger charge is 2.24. The SMILES string of the molecule is CCN1CCCC(n2nc(-c3ccc(Oc4ccccc4)cc3)c3cncnc32)C1. The summed E-state index contributed by atoms with van der Waals surface area (Å²) in [5.41, 5.74) is 2.87. The average molecular weight is 399 g/mol. The number of para-hydroxylation sites is 1. The van der Waals surface area contributed by atoms with Crippen LogP contribution in [0, 0.1) is 0 Å². The summed E-state index contributed by atoms with van der Waals surface area (Å²) in [6.07, 6.45) is 5.80. The first kappa shape index (κ1) is 18.8. The summed E-state index contributed by atoms with van der Waals surface area (Å²) in [7, 11) is 0. The van der Waals surface area contributed by atoms with Crippen molar-refractivity contribution in [2.45, 2.75) is 25.8 Å². The predicted octanol–water partition coefficient (Wildman–Crippen LogP) is 4.94. The number of likely N-dealkylation sites (N-methyl/N-ethyl adjacent to an activating group) is 1. The predicted molar refractivity (Wildman–Crippen MR) is 118 cm³/mol. The van der Waals surface area contributed by atoms with E-state index in [1.807, 2.05) is 48.7 Å². The molecule has 0 bridgehead atoms. The Morgan fingerprint density at radius 1 is 1.03 bits per heavy atom. The largest absolute Gasteiger partial charge is 0.457 e. The Morgan fingerprint density at radius 3 is 2.63 bits per heavy atom. The quantitative estimate of drug-likeness (QED) is 0.476. The number of ether oxygens (including phenoxy) is 1. The number of benzene rings is 2. The first-order chi connectivity index (χ1) is 14.8. The molecule has 1 aliphatic rings. The fourth-order valence-electron chi connectivity index (χ4n) is 4.17. The first-order valence-electron chi connectivity index (χ1n) is 10.6. The second-order valence-electron chi connectivity index (χ2n) is 7.68. The number of hydrogen-bond donors (Lipinski definition) is 0. The summed E-state index contributed by atoms with van der Waals surface area (Å²) < 4.78 is 8.04. The van der Waals surface area contributed by atoms with Gasteiger partial charge in [0.05, 0.1) is 11.4 Å². The standard InChI is InChI=1S/C24H25N5O/c1-2-28-14-6-7-19(16-28)29-24-22(15-25-17-26-24)23(27-29)18-10-12-21(13-11-18)30-20-8-4-3-5-9-20/h3-5,8-13,15,17,19H,2,6-7,14,16H2,1H3. The third-order valence-corrected chi connectivity index (χ3v) is 5.75. The molecule has 0 aliphatic carbocycles. The Kier molecular flexibility index (Phi) is 5.15. The zero-order chi connectivity index (χ0) is 20.3. The Bertz CT molecular complexity index is 1120. The van der Waals surface area contributed by atoms with Gasteiger partial charge >= 0.3 is 0 Å². The van der Waals surface area contributed by atoms with Crippen molar-refractivity contribution in [3.8, 4) is 22.8 Å². The molecule has 0 N–H and O–H groups in total. The second kappa shape index (κ2) is 8.24.